The number of para-hydroxylation sites is 1. The Morgan fingerprint density at radius 3 is 2.48 bits per heavy atom. The number of benzene rings is 2. The van der Waals surface area contributed by atoms with Crippen molar-refractivity contribution in [1.29, 1.82) is 0 Å². The molecule has 0 saturated carbocycles. The molecule has 0 aliphatic heterocycles. The van der Waals surface area contributed by atoms with Crippen LogP contribution in [0.15, 0.2) is 65.2 Å². The van der Waals surface area contributed by atoms with Crippen molar-refractivity contribution in [3.8, 4) is 11.3 Å². The predicted molar refractivity (Wildman–Crippen MR) is 90.4 cm³/mol. The molecule has 0 aliphatic rings. The van der Waals surface area contributed by atoms with E-state index >= 15 is 0 Å². The highest BCUT2D eigenvalue weighted by Crippen LogP contribution is 2.22. The Morgan fingerprint density at radius 2 is 1.78 bits per heavy atom. The molecule has 5 heteroatoms. The number of anilines is 2. The minimum absolute atomic E-state index is 0.299. The van der Waals surface area contributed by atoms with E-state index in [2.05, 4.69) is 34.8 Å². The van der Waals surface area contributed by atoms with Gasteiger partial charge in [0.2, 0.25) is 5.88 Å². The summed E-state index contributed by atoms with van der Waals surface area (Å²) < 4.78 is 5.16. The molecule has 2 aromatic carbocycles. The van der Waals surface area contributed by atoms with E-state index in [9.17, 15) is 4.79 Å². The standard InChI is InChI=1S/C18H17N3O2/c1-2-13-8-10-14(11-9-13)16-12-17(23-21-16)20-18(22)19-15-6-4-3-5-7-15/h3-12H,2H2,1H3,(H2,19,20,22). The van der Waals surface area contributed by atoms with Gasteiger partial charge in [-0.1, -0.05) is 54.5 Å². The molecule has 116 valence electrons. The van der Waals surface area contributed by atoms with E-state index in [-0.39, 0.29) is 6.03 Å². The summed E-state index contributed by atoms with van der Waals surface area (Å²) in [5.74, 6) is 0.299. The number of carbonyl (C=O) groups is 1. The third-order valence-corrected chi connectivity index (χ3v) is 3.44. The number of hydrogen-bond acceptors (Lipinski definition) is 3. The molecule has 0 aliphatic carbocycles. The van der Waals surface area contributed by atoms with Crippen LogP contribution in [0, 0.1) is 0 Å². The lowest BCUT2D eigenvalue weighted by atomic mass is 10.1. The molecular formula is C18H17N3O2. The third-order valence-electron chi connectivity index (χ3n) is 3.44. The number of carbonyl (C=O) groups excluding carboxylic acids is 1. The largest absolute Gasteiger partial charge is 0.338 e. The first-order chi connectivity index (χ1) is 11.2. The minimum Gasteiger partial charge on any atom is -0.338 e. The monoisotopic (exact) mass is 307 g/mol. The van der Waals surface area contributed by atoms with Gasteiger partial charge in [0.25, 0.3) is 0 Å². The molecule has 0 bridgehead atoms. The second-order valence-electron chi connectivity index (χ2n) is 5.07. The number of aromatic nitrogens is 1. The first-order valence-corrected chi connectivity index (χ1v) is 7.43. The van der Waals surface area contributed by atoms with Crippen LogP contribution in [0.25, 0.3) is 11.3 Å². The Bertz CT molecular complexity index is 780. The Hall–Kier alpha value is -3.08. The Labute approximate surface area is 134 Å². The number of amides is 2. The van der Waals surface area contributed by atoms with Crippen LogP contribution in [0.1, 0.15) is 12.5 Å². The van der Waals surface area contributed by atoms with Gasteiger partial charge in [-0.3, -0.25) is 5.32 Å². The van der Waals surface area contributed by atoms with Gasteiger partial charge in [-0.2, -0.15) is 0 Å². The molecule has 0 unspecified atom stereocenters. The van der Waals surface area contributed by atoms with E-state index in [0.29, 0.717) is 17.3 Å². The Morgan fingerprint density at radius 1 is 1.04 bits per heavy atom. The molecule has 0 saturated heterocycles. The maximum Gasteiger partial charge on any atom is 0.326 e. The fourth-order valence-electron chi connectivity index (χ4n) is 2.18. The molecule has 5 nitrogen and oxygen atoms in total. The van der Waals surface area contributed by atoms with Gasteiger partial charge in [0, 0.05) is 17.3 Å². The summed E-state index contributed by atoms with van der Waals surface area (Å²) >= 11 is 0. The number of hydrogen-bond donors (Lipinski definition) is 2. The second kappa shape index (κ2) is 6.79. The van der Waals surface area contributed by atoms with Gasteiger partial charge < -0.3 is 9.84 Å². The van der Waals surface area contributed by atoms with E-state index in [4.69, 9.17) is 4.52 Å². The van der Waals surface area contributed by atoms with Crippen molar-refractivity contribution in [2.24, 2.45) is 0 Å². The van der Waals surface area contributed by atoms with Crippen LogP contribution in [0.2, 0.25) is 0 Å². The van der Waals surface area contributed by atoms with Crippen LogP contribution < -0.4 is 10.6 Å². The topological polar surface area (TPSA) is 67.2 Å². The van der Waals surface area contributed by atoms with Crippen LogP contribution in [-0.2, 0) is 6.42 Å². The highest BCUT2D eigenvalue weighted by Gasteiger charge is 2.09. The lowest BCUT2D eigenvalue weighted by Crippen LogP contribution is -2.18. The zero-order valence-corrected chi connectivity index (χ0v) is 12.7. The first kappa shape index (κ1) is 14.8. The average Bonchev–Trinajstić information content (AvgIpc) is 3.04. The molecule has 3 rings (SSSR count). The minimum atomic E-state index is -0.375. The van der Waals surface area contributed by atoms with Crippen molar-refractivity contribution in [3.05, 3.63) is 66.2 Å². The molecule has 1 heterocycles. The molecule has 2 amide bonds. The molecule has 2 N–H and O–H groups in total. The van der Waals surface area contributed by atoms with Crippen LogP contribution in [-0.4, -0.2) is 11.2 Å². The van der Waals surface area contributed by atoms with E-state index in [0.717, 1.165) is 12.0 Å². The van der Waals surface area contributed by atoms with Gasteiger partial charge in [-0.15, -0.1) is 0 Å². The van der Waals surface area contributed by atoms with Crippen LogP contribution in [0.4, 0.5) is 16.4 Å². The molecule has 1 aromatic heterocycles. The average molecular weight is 307 g/mol. The summed E-state index contributed by atoms with van der Waals surface area (Å²) in [4.78, 5) is 11.9. The molecule has 0 radical (unpaired) electrons. The van der Waals surface area contributed by atoms with Gasteiger partial charge in [0.15, 0.2) is 0 Å². The molecule has 0 fully saturated rings. The normalized spacial score (nSPS) is 10.3. The number of nitrogens with one attached hydrogen (secondary N) is 2. The molecule has 0 spiro atoms. The first-order valence-electron chi connectivity index (χ1n) is 7.43. The van der Waals surface area contributed by atoms with Crippen molar-refractivity contribution in [1.82, 2.24) is 5.16 Å². The van der Waals surface area contributed by atoms with Crippen molar-refractivity contribution >= 4 is 17.6 Å². The summed E-state index contributed by atoms with van der Waals surface area (Å²) in [5, 5.41) is 9.33. The number of urea groups is 1. The SMILES string of the molecule is CCc1ccc(-c2cc(NC(=O)Nc3ccccc3)on2)cc1. The van der Waals surface area contributed by atoms with Crippen LogP contribution in [0.3, 0.4) is 0 Å². The van der Waals surface area contributed by atoms with Crippen LogP contribution >= 0.6 is 0 Å². The highest BCUT2D eigenvalue weighted by molar-refractivity contribution is 5.99. The Balaban J connectivity index is 1.65. The van der Waals surface area contributed by atoms with Gasteiger partial charge in [0.05, 0.1) is 0 Å². The second-order valence-corrected chi connectivity index (χ2v) is 5.07. The summed E-state index contributed by atoms with van der Waals surface area (Å²) in [7, 11) is 0. The summed E-state index contributed by atoms with van der Waals surface area (Å²) in [5.41, 5.74) is 3.60. The van der Waals surface area contributed by atoms with E-state index in [1.54, 1.807) is 18.2 Å². The zero-order chi connectivity index (χ0) is 16.1. The smallest absolute Gasteiger partial charge is 0.326 e. The zero-order valence-electron chi connectivity index (χ0n) is 12.7. The number of aryl methyl sites for hydroxylation is 1. The summed E-state index contributed by atoms with van der Waals surface area (Å²) in [6.07, 6.45) is 0.992. The van der Waals surface area contributed by atoms with Crippen LogP contribution in [0.5, 0.6) is 0 Å². The lowest BCUT2D eigenvalue weighted by molar-refractivity contribution is 0.261. The highest BCUT2D eigenvalue weighted by atomic mass is 16.5. The summed E-state index contributed by atoms with van der Waals surface area (Å²) in [6.45, 7) is 2.11. The van der Waals surface area contributed by atoms with Gasteiger partial charge in [0.1, 0.15) is 5.69 Å². The number of nitrogens with zero attached hydrogens (tertiary/aromatic N) is 1. The fourth-order valence-corrected chi connectivity index (χ4v) is 2.18. The molecular weight excluding hydrogens is 290 g/mol. The van der Waals surface area contributed by atoms with E-state index in [1.165, 1.54) is 5.56 Å². The van der Waals surface area contributed by atoms with E-state index < -0.39 is 0 Å². The van der Waals surface area contributed by atoms with Crippen molar-refractivity contribution in [3.63, 3.8) is 0 Å². The van der Waals surface area contributed by atoms with Gasteiger partial charge >= 0.3 is 6.03 Å². The number of rotatable bonds is 4. The molecule has 0 atom stereocenters. The fraction of sp³-hybridized carbons (Fsp3) is 0.111. The Kier molecular flexibility index (Phi) is 4.38. The third kappa shape index (κ3) is 3.77. The maximum atomic E-state index is 11.9. The predicted octanol–water partition coefficient (Wildman–Crippen LogP) is 4.55. The molecule has 23 heavy (non-hydrogen) atoms. The van der Waals surface area contributed by atoms with Crippen molar-refractivity contribution in [2.75, 3.05) is 10.6 Å². The summed E-state index contributed by atoms with van der Waals surface area (Å²) in [6, 6.07) is 18.6. The quantitative estimate of drug-likeness (QED) is 0.743. The van der Waals surface area contributed by atoms with Gasteiger partial charge in [-0.05, 0) is 24.1 Å². The molecule has 3 aromatic rings. The lowest BCUT2D eigenvalue weighted by Gasteiger charge is -2.03. The van der Waals surface area contributed by atoms with Crippen molar-refractivity contribution < 1.29 is 9.32 Å². The van der Waals surface area contributed by atoms with Gasteiger partial charge in [-0.25, -0.2) is 4.79 Å². The van der Waals surface area contributed by atoms with E-state index in [1.807, 2.05) is 30.3 Å². The van der Waals surface area contributed by atoms with Crippen molar-refractivity contribution in [2.45, 2.75) is 13.3 Å². The maximum absolute atomic E-state index is 11.9.